The van der Waals surface area contributed by atoms with Crippen molar-refractivity contribution >= 4 is 29.4 Å². The van der Waals surface area contributed by atoms with Crippen LogP contribution in [-0.2, 0) is 20.7 Å². The molecule has 2 N–H and O–H groups in total. The van der Waals surface area contributed by atoms with Gasteiger partial charge in [-0.15, -0.1) is 0 Å². The molecule has 2 aromatic rings. The lowest BCUT2D eigenvalue weighted by molar-refractivity contribution is -0.145. The van der Waals surface area contributed by atoms with Gasteiger partial charge in [0.15, 0.2) is 0 Å². The predicted octanol–water partition coefficient (Wildman–Crippen LogP) is 2.75. The second kappa shape index (κ2) is 11.1. The standard InChI is InChI=1S/C21H23ClN2O4/c1-28-21(27)18(14-15-6-3-2-4-7-15)24-19(25)8-5-13-23-20(26)16-9-11-17(22)12-10-16/h2-4,6-7,9-12,18H,5,8,13-14H2,1H3,(H,23,26)(H,24,25)/t18-/m1/s1. The molecule has 0 saturated carbocycles. The van der Waals surface area contributed by atoms with Gasteiger partial charge in [0.2, 0.25) is 5.91 Å². The monoisotopic (exact) mass is 402 g/mol. The lowest BCUT2D eigenvalue weighted by atomic mass is 10.1. The van der Waals surface area contributed by atoms with Crippen molar-refractivity contribution in [3.8, 4) is 0 Å². The van der Waals surface area contributed by atoms with Crippen molar-refractivity contribution < 1.29 is 19.1 Å². The molecule has 0 radical (unpaired) electrons. The van der Waals surface area contributed by atoms with E-state index >= 15 is 0 Å². The van der Waals surface area contributed by atoms with Crippen molar-refractivity contribution in [1.29, 1.82) is 0 Å². The molecule has 0 unspecified atom stereocenters. The maximum Gasteiger partial charge on any atom is 0.328 e. The minimum Gasteiger partial charge on any atom is -0.467 e. The van der Waals surface area contributed by atoms with Crippen molar-refractivity contribution in [2.24, 2.45) is 0 Å². The Labute approximate surface area is 169 Å². The Morgan fingerprint density at radius 3 is 2.36 bits per heavy atom. The van der Waals surface area contributed by atoms with E-state index in [9.17, 15) is 14.4 Å². The highest BCUT2D eigenvalue weighted by Gasteiger charge is 2.21. The molecule has 1 atom stereocenters. The van der Waals surface area contributed by atoms with E-state index in [1.165, 1.54) is 7.11 Å². The topological polar surface area (TPSA) is 84.5 Å². The van der Waals surface area contributed by atoms with Crippen molar-refractivity contribution in [2.45, 2.75) is 25.3 Å². The van der Waals surface area contributed by atoms with Gasteiger partial charge in [0.05, 0.1) is 7.11 Å². The number of esters is 1. The van der Waals surface area contributed by atoms with Gasteiger partial charge >= 0.3 is 5.97 Å². The van der Waals surface area contributed by atoms with Crippen LogP contribution >= 0.6 is 11.6 Å². The van der Waals surface area contributed by atoms with Gasteiger partial charge in [0, 0.05) is 30.0 Å². The summed E-state index contributed by atoms with van der Waals surface area (Å²) < 4.78 is 4.78. The minimum absolute atomic E-state index is 0.184. The molecule has 0 bridgehead atoms. The molecule has 0 aromatic heterocycles. The fourth-order valence-corrected chi connectivity index (χ4v) is 2.73. The molecular formula is C21H23ClN2O4. The summed E-state index contributed by atoms with van der Waals surface area (Å²) in [6, 6.07) is 15.2. The van der Waals surface area contributed by atoms with Crippen LogP contribution in [0.2, 0.25) is 5.02 Å². The number of hydrogen-bond donors (Lipinski definition) is 2. The first kappa shape index (κ1) is 21.4. The molecule has 0 saturated heterocycles. The Balaban J connectivity index is 1.76. The number of hydrogen-bond acceptors (Lipinski definition) is 4. The van der Waals surface area contributed by atoms with Crippen LogP contribution in [0.15, 0.2) is 54.6 Å². The largest absolute Gasteiger partial charge is 0.467 e. The van der Waals surface area contributed by atoms with Gasteiger partial charge in [-0.25, -0.2) is 4.79 Å². The second-order valence-corrected chi connectivity index (χ2v) is 6.64. The Hall–Kier alpha value is -2.86. The molecule has 28 heavy (non-hydrogen) atoms. The van der Waals surface area contributed by atoms with E-state index in [0.29, 0.717) is 30.0 Å². The summed E-state index contributed by atoms with van der Waals surface area (Å²) in [5, 5.41) is 6.01. The molecule has 0 aliphatic heterocycles. The van der Waals surface area contributed by atoms with E-state index in [1.807, 2.05) is 30.3 Å². The normalized spacial score (nSPS) is 11.4. The molecule has 2 amide bonds. The van der Waals surface area contributed by atoms with Crippen LogP contribution in [0.25, 0.3) is 0 Å². The van der Waals surface area contributed by atoms with Crippen LogP contribution in [0.1, 0.15) is 28.8 Å². The Morgan fingerprint density at radius 1 is 1.04 bits per heavy atom. The van der Waals surface area contributed by atoms with Crippen molar-refractivity contribution in [3.05, 3.63) is 70.7 Å². The summed E-state index contributed by atoms with van der Waals surface area (Å²) in [7, 11) is 1.29. The van der Waals surface area contributed by atoms with Gasteiger partial charge in [0.25, 0.3) is 5.91 Å². The smallest absolute Gasteiger partial charge is 0.328 e. The zero-order valence-corrected chi connectivity index (χ0v) is 16.4. The first-order valence-corrected chi connectivity index (χ1v) is 9.32. The van der Waals surface area contributed by atoms with E-state index < -0.39 is 12.0 Å². The number of carbonyl (C=O) groups excluding carboxylic acids is 3. The third kappa shape index (κ3) is 7.04. The molecule has 0 spiro atoms. The van der Waals surface area contributed by atoms with Crippen LogP contribution in [0.3, 0.4) is 0 Å². The lowest BCUT2D eigenvalue weighted by Gasteiger charge is -2.16. The number of halogens is 1. The molecule has 7 heteroatoms. The number of nitrogens with one attached hydrogen (secondary N) is 2. The van der Waals surface area contributed by atoms with Crippen LogP contribution in [0.5, 0.6) is 0 Å². The Bertz CT molecular complexity index is 794. The Morgan fingerprint density at radius 2 is 1.71 bits per heavy atom. The number of benzene rings is 2. The van der Waals surface area contributed by atoms with Gasteiger partial charge in [-0.1, -0.05) is 41.9 Å². The fourth-order valence-electron chi connectivity index (χ4n) is 2.61. The number of methoxy groups -OCH3 is 1. The summed E-state index contributed by atoms with van der Waals surface area (Å²) >= 11 is 5.79. The highest BCUT2D eigenvalue weighted by atomic mass is 35.5. The van der Waals surface area contributed by atoms with Crippen LogP contribution in [0.4, 0.5) is 0 Å². The van der Waals surface area contributed by atoms with E-state index in [4.69, 9.17) is 16.3 Å². The second-order valence-electron chi connectivity index (χ2n) is 6.20. The van der Waals surface area contributed by atoms with Crippen molar-refractivity contribution in [2.75, 3.05) is 13.7 Å². The molecule has 148 valence electrons. The average Bonchev–Trinajstić information content (AvgIpc) is 2.71. The van der Waals surface area contributed by atoms with Crippen molar-refractivity contribution in [1.82, 2.24) is 10.6 Å². The Kier molecular flexibility index (Phi) is 8.49. The predicted molar refractivity (Wildman–Crippen MR) is 107 cm³/mol. The minimum atomic E-state index is -0.747. The molecule has 0 aliphatic rings. The molecular weight excluding hydrogens is 380 g/mol. The van der Waals surface area contributed by atoms with Gasteiger partial charge in [-0.3, -0.25) is 9.59 Å². The van der Waals surface area contributed by atoms with Crippen LogP contribution in [-0.4, -0.2) is 37.5 Å². The molecule has 0 aliphatic carbocycles. The maximum absolute atomic E-state index is 12.2. The number of amides is 2. The highest BCUT2D eigenvalue weighted by molar-refractivity contribution is 6.30. The SMILES string of the molecule is COC(=O)[C@@H](Cc1ccccc1)NC(=O)CCCNC(=O)c1ccc(Cl)cc1. The molecule has 0 fully saturated rings. The summed E-state index contributed by atoms with van der Waals surface area (Å²) in [5.41, 5.74) is 1.43. The lowest BCUT2D eigenvalue weighted by Crippen LogP contribution is -2.43. The molecule has 2 rings (SSSR count). The van der Waals surface area contributed by atoms with E-state index in [1.54, 1.807) is 24.3 Å². The van der Waals surface area contributed by atoms with Gasteiger partial charge in [-0.05, 0) is 36.2 Å². The van der Waals surface area contributed by atoms with E-state index in [2.05, 4.69) is 10.6 Å². The third-order valence-electron chi connectivity index (χ3n) is 4.08. The van der Waals surface area contributed by atoms with Gasteiger partial charge in [0.1, 0.15) is 6.04 Å². The van der Waals surface area contributed by atoms with Gasteiger partial charge < -0.3 is 15.4 Å². The summed E-state index contributed by atoms with van der Waals surface area (Å²) in [5.74, 6) is -0.992. The van der Waals surface area contributed by atoms with Crippen molar-refractivity contribution in [3.63, 3.8) is 0 Å². The molecule has 0 heterocycles. The zero-order valence-electron chi connectivity index (χ0n) is 15.6. The summed E-state index contributed by atoms with van der Waals surface area (Å²) in [6.45, 7) is 0.344. The van der Waals surface area contributed by atoms with Crippen LogP contribution < -0.4 is 10.6 Å². The molecule has 6 nitrogen and oxygen atoms in total. The van der Waals surface area contributed by atoms with Gasteiger partial charge in [-0.2, -0.15) is 0 Å². The number of carbonyl (C=O) groups is 3. The maximum atomic E-state index is 12.2. The van der Waals surface area contributed by atoms with E-state index in [0.717, 1.165) is 5.56 Å². The molecule has 2 aromatic carbocycles. The van der Waals surface area contributed by atoms with E-state index in [-0.39, 0.29) is 18.2 Å². The number of ether oxygens (including phenoxy) is 1. The zero-order chi connectivity index (χ0) is 20.4. The quantitative estimate of drug-likeness (QED) is 0.499. The van der Waals surface area contributed by atoms with Crippen LogP contribution in [0, 0.1) is 0 Å². The summed E-state index contributed by atoms with van der Waals surface area (Å²) in [6.07, 6.45) is 0.986. The third-order valence-corrected chi connectivity index (χ3v) is 4.33. The fraction of sp³-hybridized carbons (Fsp3) is 0.286. The first-order valence-electron chi connectivity index (χ1n) is 8.94. The highest BCUT2D eigenvalue weighted by Crippen LogP contribution is 2.09. The first-order chi connectivity index (χ1) is 13.5. The summed E-state index contributed by atoms with van der Waals surface area (Å²) in [4.78, 5) is 36.1. The number of rotatable bonds is 9. The average molecular weight is 403 g/mol.